The van der Waals surface area contributed by atoms with Gasteiger partial charge in [-0.1, -0.05) is 24.3 Å². The van der Waals surface area contributed by atoms with E-state index < -0.39 is 10.8 Å². The van der Waals surface area contributed by atoms with Crippen LogP contribution < -0.4 is 5.73 Å². The van der Waals surface area contributed by atoms with Gasteiger partial charge in [-0.05, 0) is 37.1 Å². The van der Waals surface area contributed by atoms with Crippen molar-refractivity contribution >= 4 is 10.8 Å². The molecule has 0 radical (unpaired) electrons. The molecular formula is C16H18FNOS. The highest BCUT2D eigenvalue weighted by atomic mass is 32.2. The SMILES string of the molecule is Cc1ccc(S(=O)Cc2cccc(CN)c2F)cc1C. The maximum atomic E-state index is 14.1. The number of nitrogens with two attached hydrogens (primary N) is 1. The molecule has 0 aliphatic rings. The van der Waals surface area contributed by atoms with Crippen molar-refractivity contribution in [1.29, 1.82) is 0 Å². The maximum Gasteiger partial charge on any atom is 0.131 e. The van der Waals surface area contributed by atoms with Gasteiger partial charge in [-0.2, -0.15) is 0 Å². The third-order valence-electron chi connectivity index (χ3n) is 3.41. The highest BCUT2D eigenvalue weighted by Gasteiger charge is 2.12. The van der Waals surface area contributed by atoms with Gasteiger partial charge in [0, 0.05) is 22.6 Å². The van der Waals surface area contributed by atoms with Gasteiger partial charge in [-0.15, -0.1) is 0 Å². The Bertz CT molecular complexity index is 655. The van der Waals surface area contributed by atoms with E-state index in [0.717, 1.165) is 16.0 Å². The molecule has 0 bridgehead atoms. The zero-order chi connectivity index (χ0) is 14.7. The van der Waals surface area contributed by atoms with Crippen LogP contribution >= 0.6 is 0 Å². The van der Waals surface area contributed by atoms with Crippen molar-refractivity contribution in [2.24, 2.45) is 5.73 Å². The van der Waals surface area contributed by atoms with Crippen LogP contribution in [0.5, 0.6) is 0 Å². The molecule has 106 valence electrons. The van der Waals surface area contributed by atoms with E-state index in [0.29, 0.717) is 11.1 Å². The van der Waals surface area contributed by atoms with Gasteiger partial charge in [-0.3, -0.25) is 4.21 Å². The maximum absolute atomic E-state index is 14.1. The quantitative estimate of drug-likeness (QED) is 0.940. The number of rotatable bonds is 4. The Kier molecular flexibility index (Phi) is 4.68. The molecular weight excluding hydrogens is 273 g/mol. The van der Waals surface area contributed by atoms with Crippen LogP contribution in [0.3, 0.4) is 0 Å². The van der Waals surface area contributed by atoms with Gasteiger partial charge >= 0.3 is 0 Å². The van der Waals surface area contributed by atoms with E-state index >= 15 is 0 Å². The van der Waals surface area contributed by atoms with E-state index in [1.165, 1.54) is 0 Å². The summed E-state index contributed by atoms with van der Waals surface area (Å²) in [5, 5.41) is 0. The van der Waals surface area contributed by atoms with Crippen LogP contribution in [0.25, 0.3) is 0 Å². The molecule has 0 heterocycles. The topological polar surface area (TPSA) is 43.1 Å². The number of hydrogen-bond acceptors (Lipinski definition) is 2. The summed E-state index contributed by atoms with van der Waals surface area (Å²) in [7, 11) is -1.25. The second-order valence-corrected chi connectivity index (χ2v) is 6.28. The van der Waals surface area contributed by atoms with Gasteiger partial charge in [0.15, 0.2) is 0 Å². The fourth-order valence-corrected chi connectivity index (χ4v) is 3.18. The standard InChI is InChI=1S/C16H18FNOS/c1-11-6-7-15(8-12(11)2)20(19)10-14-5-3-4-13(9-18)16(14)17/h3-8H,9-10,18H2,1-2H3. The summed E-state index contributed by atoms with van der Waals surface area (Å²) < 4.78 is 26.4. The lowest BCUT2D eigenvalue weighted by Crippen LogP contribution is -2.05. The Morgan fingerprint density at radius 1 is 1.10 bits per heavy atom. The predicted molar refractivity (Wildman–Crippen MR) is 80.3 cm³/mol. The summed E-state index contributed by atoms with van der Waals surface area (Å²) in [6, 6.07) is 10.7. The lowest BCUT2D eigenvalue weighted by atomic mass is 10.1. The van der Waals surface area contributed by atoms with E-state index in [1.807, 2.05) is 32.0 Å². The van der Waals surface area contributed by atoms with Crippen molar-refractivity contribution < 1.29 is 8.60 Å². The molecule has 2 N–H and O–H groups in total. The van der Waals surface area contributed by atoms with Crippen molar-refractivity contribution in [2.45, 2.75) is 31.0 Å². The average molecular weight is 291 g/mol. The monoisotopic (exact) mass is 291 g/mol. The number of aryl methyl sites for hydroxylation is 2. The Hall–Kier alpha value is -1.52. The third kappa shape index (κ3) is 3.14. The van der Waals surface area contributed by atoms with Crippen molar-refractivity contribution in [3.8, 4) is 0 Å². The van der Waals surface area contributed by atoms with Gasteiger partial charge in [0.1, 0.15) is 5.82 Å². The fourth-order valence-electron chi connectivity index (χ4n) is 1.98. The highest BCUT2D eigenvalue weighted by Crippen LogP contribution is 2.19. The largest absolute Gasteiger partial charge is 0.326 e. The minimum atomic E-state index is -1.25. The Labute approximate surface area is 121 Å². The first-order chi connectivity index (χ1) is 9.52. The van der Waals surface area contributed by atoms with Crippen LogP contribution in [0.2, 0.25) is 0 Å². The summed E-state index contributed by atoms with van der Waals surface area (Å²) in [4.78, 5) is 0.727. The lowest BCUT2D eigenvalue weighted by Gasteiger charge is -2.08. The molecule has 0 spiro atoms. The van der Waals surface area contributed by atoms with Crippen LogP contribution in [-0.4, -0.2) is 4.21 Å². The molecule has 0 aliphatic carbocycles. The predicted octanol–water partition coefficient (Wildman–Crippen LogP) is 3.21. The van der Waals surface area contributed by atoms with Crippen molar-refractivity contribution in [3.05, 3.63) is 64.5 Å². The minimum absolute atomic E-state index is 0.149. The molecule has 2 aromatic carbocycles. The van der Waals surface area contributed by atoms with Crippen LogP contribution in [0.4, 0.5) is 4.39 Å². The fraction of sp³-hybridized carbons (Fsp3) is 0.250. The first-order valence-corrected chi connectivity index (χ1v) is 7.76. The first kappa shape index (κ1) is 14.9. The normalized spacial score (nSPS) is 12.4. The molecule has 0 saturated carbocycles. The highest BCUT2D eigenvalue weighted by molar-refractivity contribution is 7.84. The molecule has 2 aromatic rings. The molecule has 1 unspecified atom stereocenters. The van der Waals surface area contributed by atoms with Crippen LogP contribution in [0, 0.1) is 19.7 Å². The van der Waals surface area contributed by atoms with Crippen LogP contribution in [-0.2, 0) is 23.1 Å². The van der Waals surface area contributed by atoms with Crippen molar-refractivity contribution in [1.82, 2.24) is 0 Å². The van der Waals surface area contributed by atoms with Crippen molar-refractivity contribution in [2.75, 3.05) is 0 Å². The summed E-state index contributed by atoms with van der Waals surface area (Å²) in [5.41, 5.74) is 8.63. The van der Waals surface area contributed by atoms with Gasteiger partial charge in [-0.25, -0.2) is 4.39 Å². The first-order valence-electron chi connectivity index (χ1n) is 6.45. The smallest absolute Gasteiger partial charge is 0.131 e. The molecule has 0 aromatic heterocycles. The average Bonchev–Trinajstić information content (AvgIpc) is 2.44. The zero-order valence-electron chi connectivity index (χ0n) is 11.7. The third-order valence-corrected chi connectivity index (χ3v) is 4.76. The van der Waals surface area contributed by atoms with Crippen LogP contribution in [0.1, 0.15) is 22.3 Å². The zero-order valence-corrected chi connectivity index (χ0v) is 12.5. The van der Waals surface area contributed by atoms with Crippen molar-refractivity contribution in [3.63, 3.8) is 0 Å². The number of halogens is 1. The van der Waals surface area contributed by atoms with Gasteiger partial charge < -0.3 is 5.73 Å². The van der Waals surface area contributed by atoms with E-state index in [4.69, 9.17) is 5.73 Å². The van der Waals surface area contributed by atoms with E-state index in [-0.39, 0.29) is 18.1 Å². The molecule has 0 aliphatic heterocycles. The summed E-state index contributed by atoms with van der Waals surface area (Å²) in [6.45, 7) is 4.13. The summed E-state index contributed by atoms with van der Waals surface area (Å²) in [5.74, 6) is -0.172. The number of hydrogen-bond donors (Lipinski definition) is 1. The Balaban J connectivity index is 2.25. The molecule has 0 amide bonds. The second-order valence-electron chi connectivity index (χ2n) is 4.83. The Morgan fingerprint density at radius 3 is 2.45 bits per heavy atom. The Morgan fingerprint density at radius 2 is 1.80 bits per heavy atom. The summed E-state index contributed by atoms with van der Waals surface area (Å²) >= 11 is 0. The lowest BCUT2D eigenvalue weighted by molar-refractivity contribution is 0.598. The molecule has 4 heteroatoms. The molecule has 2 nitrogen and oxygen atoms in total. The van der Waals surface area contributed by atoms with E-state index in [2.05, 4.69) is 0 Å². The summed E-state index contributed by atoms with van der Waals surface area (Å²) in [6.07, 6.45) is 0. The van der Waals surface area contributed by atoms with Gasteiger partial charge in [0.05, 0.1) is 16.6 Å². The number of benzene rings is 2. The molecule has 2 rings (SSSR count). The van der Waals surface area contributed by atoms with E-state index in [9.17, 15) is 8.60 Å². The van der Waals surface area contributed by atoms with Gasteiger partial charge in [0.25, 0.3) is 0 Å². The molecule has 0 saturated heterocycles. The van der Waals surface area contributed by atoms with Crippen LogP contribution in [0.15, 0.2) is 41.3 Å². The molecule has 0 fully saturated rings. The minimum Gasteiger partial charge on any atom is -0.326 e. The van der Waals surface area contributed by atoms with E-state index in [1.54, 1.807) is 18.2 Å². The second kappa shape index (κ2) is 6.29. The molecule has 20 heavy (non-hydrogen) atoms. The van der Waals surface area contributed by atoms with Gasteiger partial charge in [0.2, 0.25) is 0 Å². The molecule has 1 atom stereocenters.